The van der Waals surface area contributed by atoms with Crippen LogP contribution < -0.4 is 20.4 Å². The van der Waals surface area contributed by atoms with Gasteiger partial charge in [0.05, 0.1) is 16.6 Å². The summed E-state index contributed by atoms with van der Waals surface area (Å²) in [6, 6.07) is 18.1. The van der Waals surface area contributed by atoms with Gasteiger partial charge in [0.1, 0.15) is 0 Å². The summed E-state index contributed by atoms with van der Waals surface area (Å²) in [7, 11) is 2.10. The van der Waals surface area contributed by atoms with Crippen molar-refractivity contribution in [3.8, 4) is 0 Å². The van der Waals surface area contributed by atoms with Crippen molar-refractivity contribution >= 4 is 46.2 Å². The highest BCUT2D eigenvalue weighted by Crippen LogP contribution is 2.38. The van der Waals surface area contributed by atoms with Crippen LogP contribution in [0.25, 0.3) is 11.0 Å². The Balaban J connectivity index is 1.08. The number of piperidine rings is 1. The number of anilines is 3. The van der Waals surface area contributed by atoms with Crippen LogP contribution >= 0.6 is 0 Å². The summed E-state index contributed by atoms with van der Waals surface area (Å²) in [6.07, 6.45) is 0.702. The molecule has 0 atom stereocenters. The zero-order valence-corrected chi connectivity index (χ0v) is 29.6. The lowest BCUT2D eigenvalue weighted by atomic mass is 9.86. The van der Waals surface area contributed by atoms with E-state index in [1.54, 1.807) is 4.90 Å². The Hall–Kier alpha value is -4.95. The highest BCUT2D eigenvalue weighted by Gasteiger charge is 2.32. The molecule has 4 aromatic rings. The third-order valence-electron chi connectivity index (χ3n) is 11.0. The number of para-hydroxylation sites is 1. The second kappa shape index (κ2) is 15.2. The fourth-order valence-electron chi connectivity index (χ4n) is 8.00. The molecule has 0 spiro atoms. The summed E-state index contributed by atoms with van der Waals surface area (Å²) in [4.78, 5) is 48.7. The van der Waals surface area contributed by atoms with Crippen LogP contribution in [0.5, 0.6) is 0 Å². The maximum atomic E-state index is 13.4. The molecule has 280 valence electrons. The van der Waals surface area contributed by atoms with E-state index in [0.29, 0.717) is 30.6 Å². The van der Waals surface area contributed by atoms with Gasteiger partial charge in [-0.25, -0.2) is 9.78 Å². The van der Waals surface area contributed by atoms with E-state index in [-0.39, 0.29) is 36.5 Å². The fourth-order valence-corrected chi connectivity index (χ4v) is 8.00. The highest BCUT2D eigenvalue weighted by atomic mass is 19.4. The van der Waals surface area contributed by atoms with Gasteiger partial charge in [-0.2, -0.15) is 13.2 Å². The molecule has 1 saturated carbocycles. The van der Waals surface area contributed by atoms with Crippen LogP contribution in [0.4, 0.5) is 35.3 Å². The number of carbonyl (C=O) groups is 3. The van der Waals surface area contributed by atoms with Crippen LogP contribution in [0.2, 0.25) is 0 Å². The number of benzene rings is 3. The monoisotopic (exact) mass is 731 g/mol. The number of aliphatic hydroxyl groups is 1. The number of imidazole rings is 1. The number of fused-ring (bicyclic) bond motifs is 1. The van der Waals surface area contributed by atoms with Crippen molar-refractivity contribution < 1.29 is 32.7 Å². The molecule has 1 aromatic heterocycles. The number of halogens is 3. The number of amides is 4. The van der Waals surface area contributed by atoms with Crippen LogP contribution in [0.15, 0.2) is 66.7 Å². The SMILES string of the molecule is CN(Cc1ccccc1N1CCC(=O)NC1=O)C1CCN(c2ccc3nc(NC(=O)c4cccc(C(F)(F)F)c4)n(C4CCC(CO)CC4)c3c2)CC1. The zero-order valence-electron chi connectivity index (χ0n) is 29.6. The minimum absolute atomic E-state index is 0.00590. The number of nitrogens with zero attached hydrogens (tertiary/aromatic N) is 5. The molecule has 0 unspecified atom stereocenters. The molecule has 53 heavy (non-hydrogen) atoms. The van der Waals surface area contributed by atoms with Gasteiger partial charge >= 0.3 is 12.2 Å². The van der Waals surface area contributed by atoms with Crippen molar-refractivity contribution in [2.75, 3.05) is 48.4 Å². The summed E-state index contributed by atoms with van der Waals surface area (Å²) in [5.41, 5.74) is 3.37. The van der Waals surface area contributed by atoms with Crippen molar-refractivity contribution in [2.45, 2.75) is 69.8 Å². The molecular weight excluding hydrogens is 687 g/mol. The molecular formula is C39H44F3N7O4. The predicted molar refractivity (Wildman–Crippen MR) is 196 cm³/mol. The minimum atomic E-state index is -4.57. The van der Waals surface area contributed by atoms with Gasteiger partial charge in [-0.15, -0.1) is 0 Å². The van der Waals surface area contributed by atoms with E-state index >= 15 is 0 Å². The number of nitrogens with one attached hydrogen (secondary N) is 2. The van der Waals surface area contributed by atoms with Crippen molar-refractivity contribution in [3.63, 3.8) is 0 Å². The van der Waals surface area contributed by atoms with Crippen molar-refractivity contribution in [2.24, 2.45) is 5.92 Å². The number of aromatic nitrogens is 2. The highest BCUT2D eigenvalue weighted by molar-refractivity contribution is 6.06. The summed E-state index contributed by atoms with van der Waals surface area (Å²) < 4.78 is 42.3. The zero-order chi connectivity index (χ0) is 37.3. The van der Waals surface area contributed by atoms with E-state index in [9.17, 15) is 32.7 Å². The Morgan fingerprint density at radius 1 is 0.962 bits per heavy atom. The van der Waals surface area contributed by atoms with E-state index in [1.165, 1.54) is 12.1 Å². The third-order valence-corrected chi connectivity index (χ3v) is 11.0. The Morgan fingerprint density at radius 3 is 2.43 bits per heavy atom. The van der Waals surface area contributed by atoms with E-state index in [0.717, 1.165) is 86.2 Å². The van der Waals surface area contributed by atoms with Gasteiger partial charge in [0.25, 0.3) is 5.91 Å². The predicted octanol–water partition coefficient (Wildman–Crippen LogP) is 6.58. The molecule has 11 nitrogen and oxygen atoms in total. The smallest absolute Gasteiger partial charge is 0.396 e. The molecule has 3 aliphatic rings. The van der Waals surface area contributed by atoms with Crippen LogP contribution in [0.1, 0.15) is 72.5 Å². The normalized spacial score (nSPS) is 20.3. The molecule has 3 heterocycles. The lowest BCUT2D eigenvalue weighted by molar-refractivity contribution is -0.137. The molecule has 7 rings (SSSR count). The second-order valence-corrected chi connectivity index (χ2v) is 14.4. The van der Waals surface area contributed by atoms with E-state index < -0.39 is 23.7 Å². The first-order valence-corrected chi connectivity index (χ1v) is 18.2. The summed E-state index contributed by atoms with van der Waals surface area (Å²) in [5.74, 6) is -0.425. The molecule has 4 amide bonds. The van der Waals surface area contributed by atoms with Gasteiger partial charge in [-0.1, -0.05) is 24.3 Å². The summed E-state index contributed by atoms with van der Waals surface area (Å²) in [5, 5.41) is 15.0. The van der Waals surface area contributed by atoms with Crippen LogP contribution in [0, 0.1) is 5.92 Å². The van der Waals surface area contributed by atoms with Gasteiger partial charge in [-0.05, 0) is 99.5 Å². The van der Waals surface area contributed by atoms with Gasteiger partial charge in [-0.3, -0.25) is 30.0 Å². The van der Waals surface area contributed by atoms with Crippen LogP contribution in [-0.4, -0.2) is 76.7 Å². The minimum Gasteiger partial charge on any atom is -0.396 e. The first-order chi connectivity index (χ1) is 25.5. The number of hydrogen-bond acceptors (Lipinski definition) is 7. The number of urea groups is 1. The maximum absolute atomic E-state index is 13.4. The van der Waals surface area contributed by atoms with Crippen molar-refractivity contribution in [3.05, 3.63) is 83.4 Å². The van der Waals surface area contributed by atoms with Gasteiger partial charge in [0, 0.05) is 68.2 Å². The van der Waals surface area contributed by atoms with Gasteiger partial charge < -0.3 is 14.6 Å². The Labute approximate surface area is 305 Å². The number of carbonyl (C=O) groups excluding carboxylic acids is 3. The van der Waals surface area contributed by atoms with Crippen LogP contribution in [0.3, 0.4) is 0 Å². The molecule has 3 fully saturated rings. The fraction of sp³-hybridized carbons (Fsp3) is 0.436. The van der Waals surface area contributed by atoms with Crippen molar-refractivity contribution in [1.82, 2.24) is 19.8 Å². The number of hydrogen-bond donors (Lipinski definition) is 3. The Morgan fingerprint density at radius 2 is 1.72 bits per heavy atom. The first-order valence-electron chi connectivity index (χ1n) is 18.2. The number of aliphatic hydroxyl groups excluding tert-OH is 1. The van der Waals surface area contributed by atoms with Crippen molar-refractivity contribution in [1.29, 1.82) is 0 Å². The van der Waals surface area contributed by atoms with E-state index in [2.05, 4.69) is 33.5 Å². The maximum Gasteiger partial charge on any atom is 0.416 e. The summed E-state index contributed by atoms with van der Waals surface area (Å²) >= 11 is 0. The number of rotatable bonds is 9. The molecule has 2 aliphatic heterocycles. The van der Waals surface area contributed by atoms with E-state index in [1.807, 2.05) is 41.0 Å². The average molecular weight is 732 g/mol. The standard InChI is InChI=1S/C39H44F3N7O4/c1-46(23-27-5-2-3-8-33(27)48-20-17-35(51)44-38(48)53)29-15-18-47(19-16-29)31-13-14-32-34(22-31)49(30-11-9-25(24-50)10-12-30)37(43-32)45-36(52)26-6-4-7-28(21-26)39(40,41)42/h2-8,13-14,21-22,25,29-30,50H,9-12,15-20,23-24H2,1H3,(H,43,45,52)(H,44,51,53). The Bertz CT molecular complexity index is 1980. The van der Waals surface area contributed by atoms with E-state index in [4.69, 9.17) is 4.98 Å². The lowest BCUT2D eigenvalue weighted by Crippen LogP contribution is -2.50. The molecule has 2 saturated heterocycles. The quantitative estimate of drug-likeness (QED) is 0.178. The Kier molecular flexibility index (Phi) is 10.4. The first kappa shape index (κ1) is 36.4. The summed E-state index contributed by atoms with van der Waals surface area (Å²) in [6.45, 7) is 2.75. The molecule has 1 aliphatic carbocycles. The van der Waals surface area contributed by atoms with Gasteiger partial charge in [0.2, 0.25) is 11.9 Å². The molecule has 3 N–H and O–H groups in total. The largest absolute Gasteiger partial charge is 0.416 e. The lowest BCUT2D eigenvalue weighted by Gasteiger charge is -2.38. The molecule has 0 radical (unpaired) electrons. The van der Waals surface area contributed by atoms with Gasteiger partial charge in [0.15, 0.2) is 0 Å². The number of imide groups is 1. The molecule has 3 aromatic carbocycles. The second-order valence-electron chi connectivity index (χ2n) is 14.4. The average Bonchev–Trinajstić information content (AvgIpc) is 3.52. The third kappa shape index (κ3) is 7.88. The van der Waals surface area contributed by atoms with Crippen LogP contribution in [-0.2, 0) is 17.5 Å². The molecule has 14 heteroatoms. The molecule has 0 bridgehead atoms. The topological polar surface area (TPSA) is 123 Å². The number of alkyl halides is 3.